The van der Waals surface area contributed by atoms with E-state index in [9.17, 15) is 8.42 Å². The van der Waals surface area contributed by atoms with Crippen molar-refractivity contribution in [3.05, 3.63) is 11.1 Å². The largest absolute Gasteiger partial charge is 0.312 e. The van der Waals surface area contributed by atoms with E-state index in [1.54, 1.807) is 6.20 Å². The number of hydrogen-bond donors (Lipinski definition) is 1. The molecule has 6 heteroatoms. The van der Waals surface area contributed by atoms with Gasteiger partial charge in [-0.3, -0.25) is 0 Å². The number of hydrogen-bond acceptors (Lipinski definition) is 5. The molecule has 4 nitrogen and oxygen atoms in total. The number of nitrogens with zero attached hydrogens (tertiary/aromatic N) is 1. The van der Waals surface area contributed by atoms with E-state index in [0.717, 1.165) is 11.3 Å². The van der Waals surface area contributed by atoms with Crippen molar-refractivity contribution in [3.63, 3.8) is 0 Å². The Hall–Kier alpha value is -0.460. The van der Waals surface area contributed by atoms with Gasteiger partial charge in [0.05, 0.1) is 0 Å². The Morgan fingerprint density at radius 1 is 1.64 bits per heavy atom. The summed E-state index contributed by atoms with van der Waals surface area (Å²) in [5.41, 5.74) is 0. The molecule has 0 saturated carbocycles. The third kappa shape index (κ3) is 2.52. The first-order valence-corrected chi connectivity index (χ1v) is 7.03. The Balaban J connectivity index is 2.99. The molecular formula is C8H14N2O2S2. The third-order valence-corrected chi connectivity index (χ3v) is 4.72. The van der Waals surface area contributed by atoms with Gasteiger partial charge in [-0.1, -0.05) is 6.92 Å². The molecule has 0 fully saturated rings. The summed E-state index contributed by atoms with van der Waals surface area (Å²) in [5, 5.41) is 3.11. The fraction of sp³-hybridized carbons (Fsp3) is 0.625. The maximum absolute atomic E-state index is 11.2. The monoisotopic (exact) mass is 234 g/mol. The topological polar surface area (TPSA) is 59.1 Å². The minimum absolute atomic E-state index is 0.196. The maximum Gasteiger partial charge on any atom is 0.209 e. The van der Waals surface area contributed by atoms with E-state index in [-0.39, 0.29) is 10.4 Å². The Kier molecular flexibility index (Phi) is 3.63. The summed E-state index contributed by atoms with van der Waals surface area (Å²) in [7, 11) is -1.30. The van der Waals surface area contributed by atoms with Crippen molar-refractivity contribution in [2.45, 2.75) is 23.7 Å². The van der Waals surface area contributed by atoms with Gasteiger partial charge in [-0.2, -0.15) is 0 Å². The number of sulfone groups is 1. The lowest BCUT2D eigenvalue weighted by Gasteiger charge is -2.09. The SMILES string of the molecule is CCC(NC)c1cnc(S(C)(=O)=O)s1. The summed E-state index contributed by atoms with van der Waals surface area (Å²) >= 11 is 1.24. The quantitative estimate of drug-likeness (QED) is 0.851. The van der Waals surface area contributed by atoms with Crippen LogP contribution in [-0.2, 0) is 9.84 Å². The molecule has 1 aromatic heterocycles. The van der Waals surface area contributed by atoms with Gasteiger partial charge in [-0.05, 0) is 13.5 Å². The molecule has 1 atom stereocenters. The number of nitrogens with one attached hydrogen (secondary N) is 1. The van der Waals surface area contributed by atoms with Crippen LogP contribution in [0.25, 0.3) is 0 Å². The van der Waals surface area contributed by atoms with Crippen LogP contribution in [0.4, 0.5) is 0 Å². The van der Waals surface area contributed by atoms with Crippen molar-refractivity contribution in [1.82, 2.24) is 10.3 Å². The summed E-state index contributed by atoms with van der Waals surface area (Å²) in [4.78, 5) is 4.86. The molecule has 0 aliphatic rings. The Morgan fingerprint density at radius 3 is 2.64 bits per heavy atom. The van der Waals surface area contributed by atoms with E-state index in [4.69, 9.17) is 0 Å². The maximum atomic E-state index is 11.2. The lowest BCUT2D eigenvalue weighted by atomic mass is 10.2. The third-order valence-electron chi connectivity index (χ3n) is 1.92. The molecule has 80 valence electrons. The second-order valence-electron chi connectivity index (χ2n) is 3.05. The van der Waals surface area contributed by atoms with E-state index >= 15 is 0 Å². The predicted octanol–water partition coefficient (Wildman–Crippen LogP) is 1.22. The predicted molar refractivity (Wildman–Crippen MR) is 57.3 cm³/mol. The van der Waals surface area contributed by atoms with Crippen LogP contribution in [0.1, 0.15) is 24.3 Å². The van der Waals surface area contributed by atoms with Crippen LogP contribution in [0.3, 0.4) is 0 Å². The average Bonchev–Trinajstić information content (AvgIpc) is 2.54. The highest BCUT2D eigenvalue weighted by molar-refractivity contribution is 7.92. The van der Waals surface area contributed by atoms with Crippen LogP contribution in [0.15, 0.2) is 10.5 Å². The number of rotatable bonds is 4. The molecule has 1 N–H and O–H groups in total. The minimum Gasteiger partial charge on any atom is -0.312 e. The Bertz CT molecular complexity index is 393. The molecule has 0 aliphatic carbocycles. The van der Waals surface area contributed by atoms with Crippen molar-refractivity contribution in [2.75, 3.05) is 13.3 Å². The highest BCUT2D eigenvalue weighted by Crippen LogP contribution is 2.25. The zero-order valence-electron chi connectivity index (χ0n) is 8.44. The normalized spacial score (nSPS) is 14.2. The standard InChI is InChI=1S/C8H14N2O2S2/c1-4-6(9-2)7-5-10-8(13-7)14(3,11)12/h5-6,9H,4H2,1-3H3. The lowest BCUT2D eigenvalue weighted by molar-refractivity contribution is 0.585. The highest BCUT2D eigenvalue weighted by Gasteiger charge is 2.16. The molecular weight excluding hydrogens is 220 g/mol. The van der Waals surface area contributed by atoms with Gasteiger partial charge in [0.15, 0.2) is 0 Å². The van der Waals surface area contributed by atoms with Crippen molar-refractivity contribution in [3.8, 4) is 0 Å². The molecule has 1 unspecified atom stereocenters. The van der Waals surface area contributed by atoms with Crippen LogP contribution in [0, 0.1) is 0 Å². The van der Waals surface area contributed by atoms with Crippen molar-refractivity contribution in [2.24, 2.45) is 0 Å². The molecule has 0 saturated heterocycles. The summed E-state index contributed by atoms with van der Waals surface area (Å²) < 4.78 is 22.5. The van der Waals surface area contributed by atoms with Gasteiger partial charge < -0.3 is 5.32 Å². The molecule has 14 heavy (non-hydrogen) atoms. The van der Waals surface area contributed by atoms with Gasteiger partial charge in [0.25, 0.3) is 0 Å². The molecule has 0 spiro atoms. The fourth-order valence-electron chi connectivity index (χ4n) is 1.15. The summed E-state index contributed by atoms with van der Waals surface area (Å²) in [6.45, 7) is 2.04. The molecule has 0 bridgehead atoms. The second-order valence-corrected chi connectivity index (χ2v) is 6.30. The minimum atomic E-state index is -3.15. The van der Waals surface area contributed by atoms with Crippen LogP contribution in [-0.4, -0.2) is 26.7 Å². The van der Waals surface area contributed by atoms with Crippen LogP contribution < -0.4 is 5.32 Å². The Morgan fingerprint density at radius 2 is 2.29 bits per heavy atom. The van der Waals surface area contributed by atoms with E-state index in [1.165, 1.54) is 17.6 Å². The molecule has 0 aliphatic heterocycles. The second kappa shape index (κ2) is 4.37. The number of aromatic nitrogens is 1. The summed E-state index contributed by atoms with van der Waals surface area (Å²) in [6.07, 6.45) is 3.73. The molecule has 0 aromatic carbocycles. The fourth-order valence-corrected chi connectivity index (χ4v) is 3.13. The zero-order chi connectivity index (χ0) is 10.8. The van der Waals surface area contributed by atoms with Gasteiger partial charge in [-0.15, -0.1) is 11.3 Å². The lowest BCUT2D eigenvalue weighted by Crippen LogP contribution is -2.13. The van der Waals surface area contributed by atoms with E-state index in [2.05, 4.69) is 10.3 Å². The highest BCUT2D eigenvalue weighted by atomic mass is 32.2. The van der Waals surface area contributed by atoms with Gasteiger partial charge in [-0.25, -0.2) is 13.4 Å². The molecule has 0 radical (unpaired) electrons. The van der Waals surface area contributed by atoms with E-state index < -0.39 is 9.84 Å². The van der Waals surface area contributed by atoms with Crippen LogP contribution in [0.5, 0.6) is 0 Å². The number of thiazole rings is 1. The molecule has 1 rings (SSSR count). The van der Waals surface area contributed by atoms with E-state index in [0.29, 0.717) is 0 Å². The van der Waals surface area contributed by atoms with Crippen LogP contribution in [0.2, 0.25) is 0 Å². The first-order valence-electron chi connectivity index (χ1n) is 4.32. The van der Waals surface area contributed by atoms with Crippen LogP contribution >= 0.6 is 11.3 Å². The molecule has 1 heterocycles. The summed E-state index contributed by atoms with van der Waals surface area (Å²) in [5.74, 6) is 0. The first kappa shape index (κ1) is 11.6. The van der Waals surface area contributed by atoms with Crippen molar-refractivity contribution < 1.29 is 8.42 Å². The van der Waals surface area contributed by atoms with Gasteiger partial charge in [0, 0.05) is 23.4 Å². The molecule has 0 amide bonds. The smallest absolute Gasteiger partial charge is 0.209 e. The van der Waals surface area contributed by atoms with Crippen molar-refractivity contribution >= 4 is 21.2 Å². The van der Waals surface area contributed by atoms with E-state index in [1.807, 2.05) is 14.0 Å². The van der Waals surface area contributed by atoms with Gasteiger partial charge in [0.2, 0.25) is 14.2 Å². The first-order chi connectivity index (χ1) is 6.49. The average molecular weight is 234 g/mol. The molecule has 1 aromatic rings. The Labute approximate surface area is 88.3 Å². The van der Waals surface area contributed by atoms with Gasteiger partial charge in [0.1, 0.15) is 0 Å². The zero-order valence-corrected chi connectivity index (χ0v) is 10.1. The van der Waals surface area contributed by atoms with Crippen molar-refractivity contribution in [1.29, 1.82) is 0 Å². The van der Waals surface area contributed by atoms with Gasteiger partial charge >= 0.3 is 0 Å². The summed E-state index contributed by atoms with van der Waals surface area (Å²) in [6, 6.07) is 0.197.